The topological polar surface area (TPSA) is 17.3 Å². The molecule has 0 spiro atoms. The van der Waals surface area contributed by atoms with Crippen LogP contribution in [0.3, 0.4) is 0 Å². The van der Waals surface area contributed by atoms with Gasteiger partial charge in [0, 0.05) is 16.3 Å². The maximum atomic E-state index is 5.10. The number of nitrogens with zero attached hydrogens (tertiary/aromatic N) is 2. The van der Waals surface area contributed by atoms with Crippen LogP contribution < -0.4 is 0 Å². The van der Waals surface area contributed by atoms with Gasteiger partial charge in [0.25, 0.3) is 0 Å². The summed E-state index contributed by atoms with van der Waals surface area (Å²) in [6.45, 7) is 2.35. The van der Waals surface area contributed by atoms with Crippen molar-refractivity contribution in [2.45, 2.75) is 13.3 Å². The summed E-state index contributed by atoms with van der Waals surface area (Å²) in [6, 6.07) is 39.9. The Kier molecular flexibility index (Phi) is 5.44. The van der Waals surface area contributed by atoms with Crippen LogP contribution in [0.1, 0.15) is 18.9 Å². The second-order valence-electron chi connectivity index (χ2n) is 11.6. The molecule has 3 heterocycles. The van der Waals surface area contributed by atoms with Crippen molar-refractivity contribution in [3.05, 3.63) is 139 Å². The van der Waals surface area contributed by atoms with Gasteiger partial charge in [0.2, 0.25) is 0 Å². The molecule has 8 aromatic rings. The number of allylic oxidation sites excluding steroid dienone is 4. The summed E-state index contributed by atoms with van der Waals surface area (Å²) in [5, 5.41) is 6.44. The summed E-state index contributed by atoms with van der Waals surface area (Å²) in [6.07, 6.45) is 10.1. The lowest BCUT2D eigenvalue weighted by Crippen LogP contribution is -2.03. The number of hydrogen-bond acceptors (Lipinski definition) is 2. The van der Waals surface area contributed by atoms with Gasteiger partial charge in [0.05, 0.1) is 0 Å². The van der Waals surface area contributed by atoms with Gasteiger partial charge in [-0.05, 0) is 91.5 Å². The Morgan fingerprint density at radius 2 is 1.40 bits per heavy atom. The van der Waals surface area contributed by atoms with E-state index in [1.165, 1.54) is 69.9 Å². The molecular weight excluding hydrogens is 541 g/mol. The molecule has 1 aliphatic carbocycles. The minimum Gasteiger partial charge on any atom is -0.291 e. The molecule has 43 heavy (non-hydrogen) atoms. The first-order valence-electron chi connectivity index (χ1n) is 15.0. The molecule has 204 valence electrons. The average Bonchev–Trinajstić information content (AvgIpc) is 3.60. The molecule has 1 unspecified atom stereocenters. The highest BCUT2D eigenvalue weighted by Crippen LogP contribution is 2.45. The quantitative estimate of drug-likeness (QED) is 0.194. The molecule has 0 amide bonds. The lowest BCUT2D eigenvalue weighted by molar-refractivity contribution is 0.760. The number of fused-ring (bicyclic) bond motifs is 7. The number of imidazole rings is 1. The second-order valence-corrected chi connectivity index (χ2v) is 12.6. The Hall–Kier alpha value is -4.99. The van der Waals surface area contributed by atoms with Crippen LogP contribution in [-0.4, -0.2) is 9.38 Å². The molecular formula is C40H28N2S. The van der Waals surface area contributed by atoms with Gasteiger partial charge in [0.1, 0.15) is 16.0 Å². The van der Waals surface area contributed by atoms with Crippen molar-refractivity contribution in [1.82, 2.24) is 9.38 Å². The molecule has 3 aromatic heterocycles. The van der Waals surface area contributed by atoms with Crippen LogP contribution in [0, 0.1) is 5.92 Å². The van der Waals surface area contributed by atoms with Gasteiger partial charge in [-0.1, -0.05) is 110 Å². The van der Waals surface area contributed by atoms with E-state index in [9.17, 15) is 0 Å². The van der Waals surface area contributed by atoms with Crippen molar-refractivity contribution in [3.63, 3.8) is 0 Å². The van der Waals surface area contributed by atoms with E-state index in [1.807, 2.05) is 11.3 Å². The van der Waals surface area contributed by atoms with Crippen molar-refractivity contribution in [3.8, 4) is 22.3 Å². The minimum atomic E-state index is 0.451. The van der Waals surface area contributed by atoms with E-state index in [-0.39, 0.29) is 0 Å². The van der Waals surface area contributed by atoms with Gasteiger partial charge in [-0.25, -0.2) is 4.98 Å². The van der Waals surface area contributed by atoms with Gasteiger partial charge in [-0.3, -0.25) is 4.40 Å². The van der Waals surface area contributed by atoms with Gasteiger partial charge in [-0.2, -0.15) is 0 Å². The summed E-state index contributed by atoms with van der Waals surface area (Å²) in [4.78, 5) is 6.31. The Morgan fingerprint density at radius 1 is 0.674 bits per heavy atom. The predicted octanol–water partition coefficient (Wildman–Crippen LogP) is 11.3. The lowest BCUT2D eigenvalue weighted by atomic mass is 9.80. The van der Waals surface area contributed by atoms with Gasteiger partial charge in [-0.15, -0.1) is 11.3 Å². The minimum absolute atomic E-state index is 0.451. The van der Waals surface area contributed by atoms with Crippen LogP contribution in [0.5, 0.6) is 0 Å². The zero-order valence-electron chi connectivity index (χ0n) is 23.8. The molecule has 1 aliphatic rings. The van der Waals surface area contributed by atoms with E-state index in [2.05, 4.69) is 145 Å². The number of thiophene rings is 1. The maximum absolute atomic E-state index is 5.10. The number of rotatable bonds is 3. The molecule has 1 atom stereocenters. The first-order chi connectivity index (χ1) is 21.2. The SMILES string of the molecule is CC1CC=CC=C1c1c2ccccc2c(-c2ccccc2)c2ccc(-c3ccn4c(c3)nc3c5ccccc5sc34)cc12. The van der Waals surface area contributed by atoms with Crippen molar-refractivity contribution in [2.24, 2.45) is 5.92 Å². The van der Waals surface area contributed by atoms with E-state index >= 15 is 0 Å². The highest BCUT2D eigenvalue weighted by Gasteiger charge is 2.22. The van der Waals surface area contributed by atoms with Crippen molar-refractivity contribution < 1.29 is 0 Å². The fourth-order valence-electron chi connectivity index (χ4n) is 6.99. The average molecular weight is 569 g/mol. The number of pyridine rings is 1. The Morgan fingerprint density at radius 3 is 2.23 bits per heavy atom. The second kappa shape index (κ2) is 9.52. The molecule has 0 fully saturated rings. The first kappa shape index (κ1) is 24.6. The Balaban J connectivity index is 1.33. The van der Waals surface area contributed by atoms with Crippen LogP contribution in [-0.2, 0) is 0 Å². The molecule has 5 aromatic carbocycles. The fourth-order valence-corrected chi connectivity index (χ4v) is 8.12. The first-order valence-corrected chi connectivity index (χ1v) is 15.8. The van der Waals surface area contributed by atoms with E-state index in [0.29, 0.717) is 5.92 Å². The third kappa shape index (κ3) is 3.75. The standard InChI is InChI=1S/C40H28N2S/c1-25-11-5-6-14-29(25)38-31-16-8-7-15-30(31)37(26-12-3-2-4-13-26)32-20-19-27(23-34(32)38)28-21-22-42-36(24-28)41-39-33-17-9-10-18-35(33)43-40(39)42/h2-10,12-25H,11H2,1H3. The zero-order chi connectivity index (χ0) is 28.5. The zero-order valence-corrected chi connectivity index (χ0v) is 24.6. The lowest BCUT2D eigenvalue weighted by Gasteiger charge is -2.24. The summed E-state index contributed by atoms with van der Waals surface area (Å²) in [5.41, 5.74) is 9.79. The van der Waals surface area contributed by atoms with Crippen LogP contribution >= 0.6 is 11.3 Å². The van der Waals surface area contributed by atoms with Crippen LogP contribution in [0.15, 0.2) is 134 Å². The van der Waals surface area contributed by atoms with Gasteiger partial charge in [0.15, 0.2) is 0 Å². The summed E-state index contributed by atoms with van der Waals surface area (Å²) >= 11 is 1.81. The summed E-state index contributed by atoms with van der Waals surface area (Å²) < 4.78 is 3.51. The molecule has 9 rings (SSSR count). The summed E-state index contributed by atoms with van der Waals surface area (Å²) in [5.74, 6) is 0.451. The van der Waals surface area contributed by atoms with E-state index in [1.54, 1.807) is 0 Å². The van der Waals surface area contributed by atoms with Crippen molar-refractivity contribution in [1.29, 1.82) is 0 Å². The fraction of sp³-hybridized carbons (Fsp3) is 0.0750. The van der Waals surface area contributed by atoms with Crippen molar-refractivity contribution in [2.75, 3.05) is 0 Å². The molecule has 3 heteroatoms. The van der Waals surface area contributed by atoms with E-state index in [0.717, 1.165) is 17.6 Å². The third-order valence-electron chi connectivity index (χ3n) is 9.07. The number of benzene rings is 5. The molecule has 0 saturated heterocycles. The van der Waals surface area contributed by atoms with Crippen LogP contribution in [0.2, 0.25) is 0 Å². The largest absolute Gasteiger partial charge is 0.291 e. The van der Waals surface area contributed by atoms with E-state index < -0.39 is 0 Å². The van der Waals surface area contributed by atoms with E-state index in [4.69, 9.17) is 4.98 Å². The highest BCUT2D eigenvalue weighted by atomic mass is 32.1. The highest BCUT2D eigenvalue weighted by molar-refractivity contribution is 7.25. The van der Waals surface area contributed by atoms with Crippen molar-refractivity contribution >= 4 is 64.5 Å². The van der Waals surface area contributed by atoms with Gasteiger partial charge < -0.3 is 0 Å². The predicted molar refractivity (Wildman–Crippen MR) is 185 cm³/mol. The monoisotopic (exact) mass is 568 g/mol. The normalized spacial score (nSPS) is 15.3. The molecule has 0 N–H and O–H groups in total. The molecule has 0 bridgehead atoms. The Labute approximate surface area is 253 Å². The summed E-state index contributed by atoms with van der Waals surface area (Å²) in [7, 11) is 0. The molecule has 0 aliphatic heterocycles. The van der Waals surface area contributed by atoms with Gasteiger partial charge >= 0.3 is 0 Å². The molecule has 0 saturated carbocycles. The molecule has 2 nitrogen and oxygen atoms in total. The smallest absolute Gasteiger partial charge is 0.139 e. The number of hydrogen-bond donors (Lipinski definition) is 0. The Bertz CT molecular complexity index is 2440. The third-order valence-corrected chi connectivity index (χ3v) is 10.2. The van der Waals surface area contributed by atoms with Crippen LogP contribution in [0.4, 0.5) is 0 Å². The maximum Gasteiger partial charge on any atom is 0.139 e. The molecule has 0 radical (unpaired) electrons. The van der Waals surface area contributed by atoms with Crippen LogP contribution in [0.25, 0.3) is 75.5 Å². The number of aromatic nitrogens is 2.